The maximum atomic E-state index is 12.5. The molecule has 2 amide bonds. The molecule has 1 N–H and O–H groups in total. The quantitative estimate of drug-likeness (QED) is 0.936. The third kappa shape index (κ3) is 3.72. The molecule has 6 nitrogen and oxygen atoms in total. The van der Waals surface area contributed by atoms with Gasteiger partial charge >= 0.3 is 6.03 Å². The first-order valence-electron chi connectivity index (χ1n) is 8.10. The molecule has 0 bridgehead atoms. The van der Waals surface area contributed by atoms with Crippen LogP contribution in [-0.4, -0.2) is 38.8 Å². The lowest BCUT2D eigenvalue weighted by molar-refractivity contribution is 0.151. The van der Waals surface area contributed by atoms with Gasteiger partial charge in [-0.25, -0.2) is 9.78 Å². The Kier molecular flexibility index (Phi) is 4.95. The van der Waals surface area contributed by atoms with Gasteiger partial charge in [0.15, 0.2) is 0 Å². The molecule has 0 aromatic carbocycles. The minimum Gasteiger partial charge on any atom is -0.336 e. The molecule has 3 heterocycles. The maximum absolute atomic E-state index is 12.5. The van der Waals surface area contributed by atoms with Crippen LogP contribution < -0.4 is 5.32 Å². The topological polar surface area (TPSA) is 63.1 Å². The monoisotopic (exact) mass is 333 g/mol. The summed E-state index contributed by atoms with van der Waals surface area (Å²) in [6.07, 6.45) is 5.03. The van der Waals surface area contributed by atoms with E-state index < -0.39 is 0 Å². The van der Waals surface area contributed by atoms with E-state index in [4.69, 9.17) is 0 Å². The molecule has 3 rings (SSSR count). The van der Waals surface area contributed by atoms with Crippen molar-refractivity contribution in [3.05, 3.63) is 34.0 Å². The summed E-state index contributed by atoms with van der Waals surface area (Å²) in [5.41, 5.74) is 2.13. The molecule has 2 aromatic rings. The van der Waals surface area contributed by atoms with Crippen molar-refractivity contribution >= 4 is 17.4 Å². The van der Waals surface area contributed by atoms with Gasteiger partial charge < -0.3 is 10.2 Å². The Bertz CT molecular complexity index is 651. The molecule has 1 aliphatic rings. The van der Waals surface area contributed by atoms with E-state index >= 15 is 0 Å². The Morgan fingerprint density at radius 1 is 1.43 bits per heavy atom. The number of urea groups is 1. The maximum Gasteiger partial charge on any atom is 0.318 e. The number of likely N-dealkylation sites (tertiary alicyclic amines) is 1. The van der Waals surface area contributed by atoms with E-state index in [1.807, 2.05) is 41.1 Å². The van der Waals surface area contributed by atoms with Crippen molar-refractivity contribution in [3.8, 4) is 0 Å². The van der Waals surface area contributed by atoms with Gasteiger partial charge in [0.25, 0.3) is 0 Å². The molecule has 124 valence electrons. The van der Waals surface area contributed by atoms with Gasteiger partial charge in [-0.15, -0.1) is 11.3 Å². The molecule has 1 fully saturated rings. The van der Waals surface area contributed by atoms with Crippen LogP contribution in [0.15, 0.2) is 17.6 Å². The summed E-state index contributed by atoms with van der Waals surface area (Å²) in [4.78, 5) is 18.9. The largest absolute Gasteiger partial charge is 0.336 e. The smallest absolute Gasteiger partial charge is 0.318 e. The summed E-state index contributed by atoms with van der Waals surface area (Å²) in [5, 5.41) is 10.5. The average Bonchev–Trinajstić information content (AvgIpc) is 3.17. The highest BCUT2D eigenvalue weighted by Gasteiger charge is 2.29. The summed E-state index contributed by atoms with van der Waals surface area (Å²) < 4.78 is 1.93. The number of nitrogens with one attached hydrogen (secondary N) is 1. The second-order valence-electron chi connectivity index (χ2n) is 5.96. The van der Waals surface area contributed by atoms with Crippen LogP contribution >= 0.6 is 11.3 Å². The molecule has 0 radical (unpaired) electrons. The summed E-state index contributed by atoms with van der Waals surface area (Å²) in [7, 11) is 0. The Labute approximate surface area is 140 Å². The number of carbonyl (C=O) groups excluding carboxylic acids is 1. The highest BCUT2D eigenvalue weighted by Crippen LogP contribution is 2.31. The van der Waals surface area contributed by atoms with Crippen molar-refractivity contribution in [1.82, 2.24) is 25.0 Å². The first-order chi connectivity index (χ1) is 11.1. The first kappa shape index (κ1) is 16.0. The van der Waals surface area contributed by atoms with Gasteiger partial charge in [-0.05, 0) is 39.2 Å². The zero-order valence-electron chi connectivity index (χ0n) is 13.7. The van der Waals surface area contributed by atoms with Crippen molar-refractivity contribution in [1.29, 1.82) is 0 Å². The number of piperidine rings is 1. The SMILES string of the molecule is Cc1cc(C)n(CCNC(=O)N2CCCCC2c2nccs2)n1. The van der Waals surface area contributed by atoms with Crippen LogP contribution in [-0.2, 0) is 6.54 Å². The minimum atomic E-state index is 0.00595. The molecular weight excluding hydrogens is 310 g/mol. The Morgan fingerprint density at radius 2 is 2.30 bits per heavy atom. The molecule has 0 aliphatic carbocycles. The zero-order valence-corrected chi connectivity index (χ0v) is 14.5. The average molecular weight is 333 g/mol. The third-order valence-electron chi connectivity index (χ3n) is 4.20. The van der Waals surface area contributed by atoms with Crippen molar-refractivity contribution < 1.29 is 4.79 Å². The lowest BCUT2D eigenvalue weighted by atomic mass is 10.0. The van der Waals surface area contributed by atoms with Gasteiger partial charge in [0.1, 0.15) is 5.01 Å². The van der Waals surface area contributed by atoms with Gasteiger partial charge in [0.2, 0.25) is 0 Å². The fourth-order valence-corrected chi connectivity index (χ4v) is 3.89. The fraction of sp³-hybridized carbons (Fsp3) is 0.562. The molecule has 1 saturated heterocycles. The van der Waals surface area contributed by atoms with E-state index in [-0.39, 0.29) is 12.1 Å². The van der Waals surface area contributed by atoms with Crippen LogP contribution in [0.2, 0.25) is 0 Å². The third-order valence-corrected chi connectivity index (χ3v) is 5.08. The highest BCUT2D eigenvalue weighted by atomic mass is 32.1. The molecule has 0 saturated carbocycles. The van der Waals surface area contributed by atoms with Crippen LogP contribution in [0.3, 0.4) is 0 Å². The fourth-order valence-electron chi connectivity index (χ4n) is 3.10. The molecule has 1 unspecified atom stereocenters. The molecule has 0 spiro atoms. The second-order valence-corrected chi connectivity index (χ2v) is 6.88. The normalized spacial score (nSPS) is 18.2. The predicted octanol–water partition coefficient (Wildman–Crippen LogP) is 2.89. The number of amides is 2. The predicted molar refractivity (Wildman–Crippen MR) is 90.5 cm³/mol. The molecular formula is C16H23N5OS. The Hall–Kier alpha value is -1.89. The van der Waals surface area contributed by atoms with E-state index in [1.54, 1.807) is 11.3 Å². The summed E-state index contributed by atoms with van der Waals surface area (Å²) in [6, 6.07) is 2.18. The number of carbonyl (C=O) groups is 1. The number of thiazole rings is 1. The van der Waals surface area contributed by atoms with E-state index in [0.29, 0.717) is 13.1 Å². The zero-order chi connectivity index (χ0) is 16.2. The van der Waals surface area contributed by atoms with Crippen LogP contribution in [0.4, 0.5) is 4.79 Å². The van der Waals surface area contributed by atoms with Crippen molar-refractivity contribution in [2.75, 3.05) is 13.1 Å². The van der Waals surface area contributed by atoms with Crippen LogP contribution in [0.25, 0.3) is 0 Å². The van der Waals surface area contributed by atoms with Crippen LogP contribution in [0, 0.1) is 13.8 Å². The van der Waals surface area contributed by atoms with Crippen molar-refractivity contribution in [3.63, 3.8) is 0 Å². The van der Waals surface area contributed by atoms with Gasteiger partial charge in [-0.3, -0.25) is 4.68 Å². The van der Waals surface area contributed by atoms with Gasteiger partial charge in [0, 0.05) is 30.4 Å². The summed E-state index contributed by atoms with van der Waals surface area (Å²) >= 11 is 1.63. The van der Waals surface area contributed by atoms with Crippen molar-refractivity contribution in [2.45, 2.75) is 45.7 Å². The minimum absolute atomic E-state index is 0.00595. The van der Waals surface area contributed by atoms with Gasteiger partial charge in [-0.1, -0.05) is 0 Å². The number of nitrogens with zero attached hydrogens (tertiary/aromatic N) is 4. The summed E-state index contributed by atoms with van der Waals surface area (Å²) in [5.74, 6) is 0. The standard InChI is InChI=1S/C16H23N5OS/c1-12-11-13(2)21(19-12)9-6-18-16(22)20-8-4-3-5-14(20)15-17-7-10-23-15/h7,10-11,14H,3-6,8-9H2,1-2H3,(H,18,22). The second kappa shape index (κ2) is 7.12. The van der Waals surface area contributed by atoms with Gasteiger partial charge in [0.05, 0.1) is 18.3 Å². The van der Waals surface area contributed by atoms with E-state index in [9.17, 15) is 4.79 Å². The first-order valence-corrected chi connectivity index (χ1v) is 8.98. The molecule has 23 heavy (non-hydrogen) atoms. The van der Waals surface area contributed by atoms with Crippen LogP contribution in [0.1, 0.15) is 41.7 Å². The molecule has 1 atom stereocenters. The lowest BCUT2D eigenvalue weighted by Crippen LogP contribution is -2.45. The number of aryl methyl sites for hydroxylation is 2. The Morgan fingerprint density at radius 3 is 3.00 bits per heavy atom. The van der Waals surface area contributed by atoms with Crippen LogP contribution in [0.5, 0.6) is 0 Å². The van der Waals surface area contributed by atoms with Gasteiger partial charge in [-0.2, -0.15) is 5.10 Å². The van der Waals surface area contributed by atoms with E-state index in [2.05, 4.69) is 15.4 Å². The number of hydrogen-bond acceptors (Lipinski definition) is 4. The van der Waals surface area contributed by atoms with Crippen molar-refractivity contribution in [2.24, 2.45) is 0 Å². The molecule has 1 aliphatic heterocycles. The summed E-state index contributed by atoms with van der Waals surface area (Å²) in [6.45, 7) is 6.10. The number of rotatable bonds is 4. The lowest BCUT2D eigenvalue weighted by Gasteiger charge is -2.34. The number of hydrogen-bond donors (Lipinski definition) is 1. The van der Waals surface area contributed by atoms with E-state index in [1.165, 1.54) is 0 Å². The Balaban J connectivity index is 1.57. The number of aromatic nitrogens is 3. The molecule has 7 heteroatoms. The highest BCUT2D eigenvalue weighted by molar-refractivity contribution is 7.09. The molecule has 2 aromatic heterocycles. The van der Waals surface area contributed by atoms with E-state index in [0.717, 1.165) is 42.2 Å².